The minimum absolute atomic E-state index is 0.0569. The number of carbonyl (C=O) groups excluding carboxylic acids is 4. The van der Waals surface area contributed by atoms with Gasteiger partial charge in [-0.25, -0.2) is 9.13 Å². The van der Waals surface area contributed by atoms with Crippen LogP contribution in [-0.4, -0.2) is 96.7 Å². The van der Waals surface area contributed by atoms with E-state index < -0.39 is 97.5 Å². The van der Waals surface area contributed by atoms with Crippen LogP contribution in [0.15, 0.2) is 122 Å². The minimum Gasteiger partial charge on any atom is -0.462 e. The lowest BCUT2D eigenvalue weighted by molar-refractivity contribution is -0.161. The van der Waals surface area contributed by atoms with Crippen LogP contribution >= 0.6 is 15.6 Å². The molecule has 562 valence electrons. The van der Waals surface area contributed by atoms with Crippen LogP contribution in [0.3, 0.4) is 0 Å². The van der Waals surface area contributed by atoms with Gasteiger partial charge in [-0.05, 0) is 135 Å². The number of carbonyl (C=O) groups is 4. The van der Waals surface area contributed by atoms with Crippen molar-refractivity contribution in [2.45, 2.75) is 316 Å². The normalized spacial score (nSPS) is 14.6. The number of aliphatic hydroxyl groups is 1. The molecule has 5 atom stereocenters. The Bertz CT molecular complexity index is 2340. The first-order valence-electron chi connectivity index (χ1n) is 37.8. The first-order valence-corrected chi connectivity index (χ1v) is 40.8. The molecule has 0 amide bonds. The molecule has 17 nitrogen and oxygen atoms in total. The van der Waals surface area contributed by atoms with Crippen LogP contribution in [0.4, 0.5) is 0 Å². The Kier molecular flexibility index (Phi) is 67.6. The third-order valence-corrected chi connectivity index (χ3v) is 17.3. The summed E-state index contributed by atoms with van der Waals surface area (Å²) in [5.41, 5.74) is 0. The maximum Gasteiger partial charge on any atom is 0.472 e. The topological polar surface area (TPSA) is 237 Å². The summed E-state index contributed by atoms with van der Waals surface area (Å²) in [5, 5.41) is 10.6. The van der Waals surface area contributed by atoms with Crippen LogP contribution in [0.5, 0.6) is 0 Å². The number of rotatable bonds is 70. The highest BCUT2D eigenvalue weighted by atomic mass is 31.2. The summed E-state index contributed by atoms with van der Waals surface area (Å²) in [4.78, 5) is 72.7. The lowest BCUT2D eigenvalue weighted by atomic mass is 10.1. The molecule has 0 spiro atoms. The number of unbranched alkanes of at least 4 members (excludes halogenated alkanes) is 25. The molecule has 98 heavy (non-hydrogen) atoms. The van der Waals surface area contributed by atoms with Gasteiger partial charge in [0.15, 0.2) is 12.2 Å². The predicted octanol–water partition coefficient (Wildman–Crippen LogP) is 21.6. The Labute approximate surface area is 593 Å². The minimum atomic E-state index is -5.00. The molecule has 0 aliphatic heterocycles. The van der Waals surface area contributed by atoms with Crippen molar-refractivity contribution in [1.82, 2.24) is 0 Å². The van der Waals surface area contributed by atoms with E-state index in [-0.39, 0.29) is 25.7 Å². The molecular formula is C79H134O17P2. The van der Waals surface area contributed by atoms with Crippen LogP contribution in [0.1, 0.15) is 297 Å². The number of phosphoric ester groups is 2. The van der Waals surface area contributed by atoms with Gasteiger partial charge >= 0.3 is 39.5 Å². The number of ether oxygens (including phenoxy) is 4. The first-order chi connectivity index (χ1) is 47.7. The summed E-state index contributed by atoms with van der Waals surface area (Å²) in [6.45, 7) is 4.50. The molecule has 0 heterocycles. The molecular weight excluding hydrogens is 1280 g/mol. The molecule has 0 rings (SSSR count). The molecule has 0 aromatic rings. The zero-order valence-electron chi connectivity index (χ0n) is 61.2. The van der Waals surface area contributed by atoms with Crippen molar-refractivity contribution in [3.05, 3.63) is 122 Å². The second-order valence-electron chi connectivity index (χ2n) is 24.9. The van der Waals surface area contributed by atoms with Gasteiger partial charge in [0.1, 0.15) is 19.3 Å². The predicted molar refractivity (Wildman–Crippen MR) is 399 cm³/mol. The Morgan fingerprint density at radius 1 is 0.306 bits per heavy atom. The Morgan fingerprint density at radius 3 is 0.980 bits per heavy atom. The van der Waals surface area contributed by atoms with Gasteiger partial charge in [-0.2, -0.15) is 0 Å². The van der Waals surface area contributed by atoms with E-state index in [1.807, 2.05) is 18.2 Å². The van der Waals surface area contributed by atoms with E-state index in [0.29, 0.717) is 25.7 Å². The highest BCUT2D eigenvalue weighted by Gasteiger charge is 2.30. The molecule has 0 aliphatic rings. The zero-order chi connectivity index (χ0) is 71.8. The second kappa shape index (κ2) is 70.9. The van der Waals surface area contributed by atoms with Crippen molar-refractivity contribution in [2.24, 2.45) is 0 Å². The number of aliphatic hydroxyl groups excluding tert-OH is 1. The van der Waals surface area contributed by atoms with Crippen LogP contribution in [0.25, 0.3) is 0 Å². The highest BCUT2D eigenvalue weighted by molar-refractivity contribution is 7.47. The van der Waals surface area contributed by atoms with Crippen molar-refractivity contribution >= 4 is 39.5 Å². The summed E-state index contributed by atoms with van der Waals surface area (Å²) in [6, 6.07) is 0. The van der Waals surface area contributed by atoms with Crippen molar-refractivity contribution < 1.29 is 80.2 Å². The summed E-state index contributed by atoms with van der Waals surface area (Å²) >= 11 is 0. The lowest BCUT2D eigenvalue weighted by Crippen LogP contribution is -2.30. The fraction of sp³-hybridized carbons (Fsp3) is 0.696. The monoisotopic (exact) mass is 1420 g/mol. The third kappa shape index (κ3) is 69.9. The van der Waals surface area contributed by atoms with E-state index in [4.69, 9.17) is 37.0 Å². The van der Waals surface area contributed by atoms with Crippen molar-refractivity contribution in [2.75, 3.05) is 39.6 Å². The summed E-state index contributed by atoms with van der Waals surface area (Å²) in [7, 11) is -9.98. The fourth-order valence-corrected chi connectivity index (χ4v) is 11.2. The molecule has 3 N–H and O–H groups in total. The maximum atomic E-state index is 13.1. The van der Waals surface area contributed by atoms with E-state index >= 15 is 0 Å². The molecule has 0 radical (unpaired) electrons. The van der Waals surface area contributed by atoms with Gasteiger partial charge in [0.05, 0.1) is 32.8 Å². The van der Waals surface area contributed by atoms with Crippen LogP contribution < -0.4 is 0 Å². The smallest absolute Gasteiger partial charge is 0.462 e. The van der Waals surface area contributed by atoms with Crippen molar-refractivity contribution in [3.63, 3.8) is 0 Å². The van der Waals surface area contributed by atoms with E-state index in [2.05, 4.69) is 125 Å². The standard InChI is InChI=1S/C79H134O17P2/c1-5-9-13-17-21-25-29-33-36-40-43-47-51-55-59-63-76(81)89-69-74(95-78(83)65-61-57-53-49-45-39-32-28-24-20-16-12-8-4)71-93-97(85,86)91-67-73(80)68-92-98(87,88)94-72-75(96-79(84)66-62-58-54-50-46-42-38-35-31-27-23-19-15-11-7-3)70-90-77(82)64-60-56-52-48-44-41-37-34-30-26-22-18-14-10-6-2/h10,14,16,20,22-23,26-28,32-38,44,48,56,60,73-75,80H,5-9,11-13,15,17-19,21,24-25,29-31,39-43,45-47,49-55,57-59,61-72H2,1-4H3,(H,85,86)(H,87,88)/b14-10-,20-16-,26-22-,27-23-,32-28-,36-33-,37-34-,38-35-,48-44-,60-56-. The highest BCUT2D eigenvalue weighted by Crippen LogP contribution is 2.45. The summed E-state index contributed by atoms with van der Waals surface area (Å²) < 4.78 is 68.3. The zero-order valence-corrected chi connectivity index (χ0v) is 63.0. The van der Waals surface area contributed by atoms with E-state index in [1.54, 1.807) is 6.08 Å². The average Bonchev–Trinajstić information content (AvgIpc) is 1.04. The average molecular weight is 1420 g/mol. The number of hydrogen-bond donors (Lipinski definition) is 3. The lowest BCUT2D eigenvalue weighted by Gasteiger charge is -2.21. The van der Waals surface area contributed by atoms with Crippen LogP contribution in [0, 0.1) is 0 Å². The number of esters is 4. The second-order valence-corrected chi connectivity index (χ2v) is 27.8. The molecule has 0 bridgehead atoms. The van der Waals surface area contributed by atoms with E-state index in [9.17, 15) is 43.2 Å². The van der Waals surface area contributed by atoms with Crippen molar-refractivity contribution in [3.8, 4) is 0 Å². The van der Waals surface area contributed by atoms with E-state index in [1.165, 1.54) is 57.8 Å². The quantitative estimate of drug-likeness (QED) is 0.0169. The van der Waals surface area contributed by atoms with Gasteiger partial charge in [0, 0.05) is 19.3 Å². The fourth-order valence-electron chi connectivity index (χ4n) is 9.65. The Morgan fingerprint density at radius 2 is 0.592 bits per heavy atom. The van der Waals surface area contributed by atoms with Crippen LogP contribution in [-0.2, 0) is 65.4 Å². The maximum absolute atomic E-state index is 13.1. The molecule has 0 saturated carbocycles. The van der Waals surface area contributed by atoms with Gasteiger partial charge in [0.2, 0.25) is 0 Å². The van der Waals surface area contributed by atoms with E-state index in [0.717, 1.165) is 161 Å². The molecule has 0 fully saturated rings. The van der Waals surface area contributed by atoms with Crippen LogP contribution in [0.2, 0.25) is 0 Å². The largest absolute Gasteiger partial charge is 0.472 e. The van der Waals surface area contributed by atoms with Gasteiger partial charge in [0.25, 0.3) is 0 Å². The molecule has 0 aromatic heterocycles. The Balaban J connectivity index is 5.44. The molecule has 5 unspecified atom stereocenters. The first kappa shape index (κ1) is 93.5. The molecule has 0 aromatic carbocycles. The third-order valence-electron chi connectivity index (χ3n) is 15.4. The SMILES string of the molecule is CC/C=C\C/C=C\C/C=C\C/C=C\C/C=C\CC(=O)OCC(COP(=O)(O)OCC(O)COP(=O)(O)OCC(COC(=O)CCCCCCC/C=C\CCCCCCCC)OC(=O)CCCCCCC/C=C\C/C=C\CCC)OC(=O)CCCCCCC/C=C\C/C=C\CCCCC. The molecule has 0 aliphatic carbocycles. The number of allylic oxidation sites excluding steroid dienone is 19. The Hall–Kier alpha value is -4.54. The summed E-state index contributed by atoms with van der Waals surface area (Å²) in [5.74, 6) is -2.36. The van der Waals surface area contributed by atoms with Gasteiger partial charge in [-0.15, -0.1) is 0 Å². The van der Waals surface area contributed by atoms with Gasteiger partial charge < -0.3 is 33.8 Å². The number of phosphoric acid groups is 2. The molecule has 19 heteroatoms. The van der Waals surface area contributed by atoms with Crippen molar-refractivity contribution in [1.29, 1.82) is 0 Å². The number of hydrogen-bond acceptors (Lipinski definition) is 15. The molecule has 0 saturated heterocycles. The van der Waals surface area contributed by atoms with Gasteiger partial charge in [-0.3, -0.25) is 37.3 Å². The van der Waals surface area contributed by atoms with Gasteiger partial charge in [-0.1, -0.05) is 258 Å². The summed E-state index contributed by atoms with van der Waals surface area (Å²) in [6.07, 6.45) is 76.5.